The van der Waals surface area contributed by atoms with E-state index in [4.69, 9.17) is 23.7 Å². The first-order valence-corrected chi connectivity index (χ1v) is 31.9. The summed E-state index contributed by atoms with van der Waals surface area (Å²) in [7, 11) is 0. The van der Waals surface area contributed by atoms with Crippen LogP contribution in [0.4, 0.5) is 0 Å². The van der Waals surface area contributed by atoms with E-state index in [2.05, 4.69) is 25.2 Å². The Labute approximate surface area is 472 Å². The number of aliphatic hydroxyl groups excluding tert-OH is 8. The van der Waals surface area contributed by atoms with Crippen molar-refractivity contribution in [2.45, 2.75) is 319 Å². The highest BCUT2D eigenvalue weighted by molar-refractivity contribution is 5.80. The third kappa shape index (κ3) is 27.2. The van der Waals surface area contributed by atoms with Gasteiger partial charge in [0, 0.05) is 0 Å². The molecule has 0 radical (unpaired) electrons. The van der Waals surface area contributed by atoms with Crippen LogP contribution in [0.25, 0.3) is 0 Å². The topological polar surface area (TPSA) is 237 Å². The molecule has 4 rings (SSSR count). The molecule has 0 spiro atoms. The molecule has 17 unspecified atom stereocenters. The summed E-state index contributed by atoms with van der Waals surface area (Å²) in [6.45, 7) is 6.92. The summed E-state index contributed by atoms with van der Waals surface area (Å²) >= 11 is 0. The zero-order chi connectivity index (χ0) is 56.5. The van der Waals surface area contributed by atoms with E-state index in [1.807, 2.05) is 19.9 Å². The van der Waals surface area contributed by atoms with E-state index < -0.39 is 98.8 Å². The molecule has 17 atom stereocenters. The summed E-state index contributed by atoms with van der Waals surface area (Å²) < 4.78 is 29.6. The fraction of sp³-hybridized carbons (Fsp3) is 0.921. The maximum absolute atomic E-state index is 13.6. The number of rotatable bonds is 47. The normalized spacial score (nSPS) is 30.1. The van der Waals surface area contributed by atoms with Gasteiger partial charge in [-0.2, -0.15) is 0 Å². The van der Waals surface area contributed by atoms with E-state index in [0.29, 0.717) is 12.8 Å². The highest BCUT2D eigenvalue weighted by Gasteiger charge is 2.49. The van der Waals surface area contributed by atoms with Crippen LogP contribution in [0, 0.1) is 23.7 Å². The van der Waals surface area contributed by atoms with Gasteiger partial charge in [-0.25, -0.2) is 0 Å². The average molecular weight is 1110 g/mol. The van der Waals surface area contributed by atoms with Gasteiger partial charge < -0.3 is 69.9 Å². The van der Waals surface area contributed by atoms with Crippen LogP contribution >= 0.6 is 0 Å². The van der Waals surface area contributed by atoms with Crippen LogP contribution in [-0.2, 0) is 28.5 Å². The molecule has 456 valence electrons. The van der Waals surface area contributed by atoms with Crippen molar-refractivity contribution in [2.75, 3.05) is 26.4 Å². The smallest absolute Gasteiger partial charge is 0.249 e. The molecule has 15 nitrogen and oxygen atoms in total. The fourth-order valence-electron chi connectivity index (χ4n) is 11.7. The van der Waals surface area contributed by atoms with Crippen molar-refractivity contribution in [1.29, 1.82) is 0 Å². The van der Waals surface area contributed by atoms with E-state index in [1.165, 1.54) is 154 Å². The molecule has 2 aliphatic heterocycles. The number of hydrogen-bond acceptors (Lipinski definition) is 14. The minimum atomic E-state index is -1.70. The summed E-state index contributed by atoms with van der Waals surface area (Å²) in [6, 6.07) is -0.975. The van der Waals surface area contributed by atoms with E-state index in [9.17, 15) is 45.6 Å². The lowest BCUT2D eigenvalue weighted by Gasteiger charge is -2.44. The third-order valence-electron chi connectivity index (χ3n) is 17.3. The van der Waals surface area contributed by atoms with Crippen molar-refractivity contribution in [3.63, 3.8) is 0 Å². The Morgan fingerprint density at radius 3 is 1.58 bits per heavy atom. The molecule has 9 N–H and O–H groups in total. The molecule has 4 aliphatic rings. The number of unbranched alkanes of at least 4 members (excludes halogenated alkanes) is 20. The standard InChI is InChI=1S/C63H115NO14/c1-5-7-9-11-13-15-20-26-32-46-40-48(46)34-28-22-17-18-24-31-37-52(67)61(73)64-50(51(66)36-30-25-19-23-29-35-49-41-47(49)33-27-21-16-14-12-10-8-6-2)43-75-63-60(74-39-38-45(3)4)58(71)56(69)54(78-63)44-76-62-59(72)57(70)55(68)53(42-65)77-62/h18,24,38,46-60,62-63,65-72H,5-17,19-23,25-37,39-44H2,1-4H3,(H,64,73). The lowest BCUT2D eigenvalue weighted by Crippen LogP contribution is -2.62. The van der Waals surface area contributed by atoms with Crippen LogP contribution in [0.1, 0.15) is 240 Å². The number of carbonyl (C=O) groups is 1. The molecule has 78 heavy (non-hydrogen) atoms. The van der Waals surface area contributed by atoms with Gasteiger partial charge in [-0.05, 0) is 82.5 Å². The number of hydrogen-bond donors (Lipinski definition) is 9. The van der Waals surface area contributed by atoms with Crippen LogP contribution in [0.5, 0.6) is 0 Å². The molecule has 0 aromatic heterocycles. The average Bonchev–Trinajstić information content (AvgIpc) is 4.40. The lowest BCUT2D eigenvalue weighted by atomic mass is 9.98. The zero-order valence-corrected chi connectivity index (χ0v) is 49.2. The van der Waals surface area contributed by atoms with Gasteiger partial charge >= 0.3 is 0 Å². The number of ether oxygens (including phenoxy) is 5. The number of aliphatic hydroxyl groups is 8. The van der Waals surface area contributed by atoms with Crippen molar-refractivity contribution < 1.29 is 69.3 Å². The molecule has 0 bridgehead atoms. The van der Waals surface area contributed by atoms with Crippen LogP contribution in [0.15, 0.2) is 23.8 Å². The van der Waals surface area contributed by atoms with Crippen molar-refractivity contribution >= 4 is 5.91 Å². The first-order valence-electron chi connectivity index (χ1n) is 31.9. The Hall–Kier alpha value is -1.57. The molecular weight excluding hydrogens is 995 g/mol. The van der Waals surface area contributed by atoms with Gasteiger partial charge in [0.2, 0.25) is 5.91 Å². The molecular formula is C63H115NO14. The quantitative estimate of drug-likeness (QED) is 0.0204. The van der Waals surface area contributed by atoms with Gasteiger partial charge in [0.15, 0.2) is 12.6 Å². The van der Waals surface area contributed by atoms with Gasteiger partial charge in [0.05, 0.1) is 38.6 Å². The summed E-state index contributed by atoms with van der Waals surface area (Å²) in [5.74, 6) is 3.02. The maximum Gasteiger partial charge on any atom is 0.249 e. The van der Waals surface area contributed by atoms with E-state index in [-0.39, 0.29) is 19.6 Å². The summed E-state index contributed by atoms with van der Waals surface area (Å²) in [6.07, 6.45) is 28.5. The number of amides is 1. The SMILES string of the molecule is CCCCCCCCCCC1CC1CCCCC=CCCC(O)C(=O)NC(COC1OC(COC2OC(CO)C(O)C(O)C2O)C(O)C(O)C1OCC=C(C)C)C(O)CCCCCCCC1CC1CCCCCCCCCC. The number of allylic oxidation sites excluding steroid dienone is 3. The molecule has 4 fully saturated rings. The molecule has 2 saturated carbocycles. The lowest BCUT2D eigenvalue weighted by molar-refractivity contribution is -0.334. The van der Waals surface area contributed by atoms with Crippen molar-refractivity contribution in [3.8, 4) is 0 Å². The number of nitrogens with one attached hydrogen (secondary N) is 1. The second kappa shape index (κ2) is 40.6. The van der Waals surface area contributed by atoms with Crippen LogP contribution in [0.3, 0.4) is 0 Å². The minimum absolute atomic E-state index is 0.0519. The molecule has 2 saturated heterocycles. The Bertz CT molecular complexity index is 1580. The molecule has 1 amide bonds. The van der Waals surface area contributed by atoms with Crippen molar-refractivity contribution in [1.82, 2.24) is 5.32 Å². The third-order valence-corrected chi connectivity index (χ3v) is 17.3. The first kappa shape index (κ1) is 68.9. The summed E-state index contributed by atoms with van der Waals surface area (Å²) in [5.41, 5.74) is 0.951. The Kier molecular flexibility index (Phi) is 35.9. The van der Waals surface area contributed by atoms with Gasteiger partial charge in [-0.15, -0.1) is 0 Å². The van der Waals surface area contributed by atoms with Crippen molar-refractivity contribution in [2.24, 2.45) is 23.7 Å². The van der Waals surface area contributed by atoms with Crippen LogP contribution in [0.2, 0.25) is 0 Å². The fourth-order valence-corrected chi connectivity index (χ4v) is 11.7. The summed E-state index contributed by atoms with van der Waals surface area (Å²) in [5, 5.41) is 89.0. The van der Waals surface area contributed by atoms with Crippen LogP contribution < -0.4 is 5.32 Å². The van der Waals surface area contributed by atoms with Gasteiger partial charge in [-0.3, -0.25) is 4.79 Å². The molecule has 15 heteroatoms. The Morgan fingerprint density at radius 1 is 0.551 bits per heavy atom. The monoisotopic (exact) mass is 1110 g/mol. The van der Waals surface area contributed by atoms with Gasteiger partial charge in [-0.1, -0.05) is 205 Å². The molecule has 0 aromatic carbocycles. The predicted octanol–water partition coefficient (Wildman–Crippen LogP) is 9.79. The van der Waals surface area contributed by atoms with Gasteiger partial charge in [0.25, 0.3) is 0 Å². The molecule has 2 heterocycles. The van der Waals surface area contributed by atoms with E-state index >= 15 is 0 Å². The van der Waals surface area contributed by atoms with E-state index in [1.54, 1.807) is 6.08 Å². The zero-order valence-electron chi connectivity index (χ0n) is 49.2. The van der Waals surface area contributed by atoms with E-state index in [0.717, 1.165) is 67.8 Å². The maximum atomic E-state index is 13.6. The summed E-state index contributed by atoms with van der Waals surface area (Å²) in [4.78, 5) is 13.6. The molecule has 2 aliphatic carbocycles. The first-order chi connectivity index (χ1) is 37.8. The number of carbonyl (C=O) groups excluding carboxylic acids is 1. The predicted molar refractivity (Wildman–Crippen MR) is 306 cm³/mol. The van der Waals surface area contributed by atoms with Crippen molar-refractivity contribution in [3.05, 3.63) is 23.8 Å². The highest BCUT2D eigenvalue weighted by atomic mass is 16.7. The van der Waals surface area contributed by atoms with Gasteiger partial charge in [0.1, 0.15) is 54.9 Å². The minimum Gasteiger partial charge on any atom is -0.394 e. The highest BCUT2D eigenvalue weighted by Crippen LogP contribution is 2.47. The Balaban J connectivity index is 1.25. The van der Waals surface area contributed by atoms with Crippen LogP contribution in [-0.4, -0.2) is 153 Å². The second-order valence-corrected chi connectivity index (χ2v) is 24.4. The molecule has 0 aromatic rings. The second-order valence-electron chi connectivity index (χ2n) is 24.4. The Morgan fingerprint density at radius 2 is 1.04 bits per heavy atom. The largest absolute Gasteiger partial charge is 0.394 e.